The number of rotatable bonds is 5. The van der Waals surface area contributed by atoms with Crippen LogP contribution in [0.3, 0.4) is 0 Å². The second-order valence-electron chi connectivity index (χ2n) is 5.53. The molecule has 0 aliphatic rings. The number of nitrogen functional groups attached to an aromatic ring is 1. The Morgan fingerprint density at radius 3 is 2.71 bits per heavy atom. The molecule has 0 spiro atoms. The fourth-order valence-corrected chi connectivity index (χ4v) is 2.38. The van der Waals surface area contributed by atoms with Crippen molar-refractivity contribution in [2.45, 2.75) is 33.2 Å². The van der Waals surface area contributed by atoms with E-state index < -0.39 is 17.2 Å². The lowest BCUT2D eigenvalue weighted by atomic mass is 10.2. The number of aromatic amines is 1. The fourth-order valence-electron chi connectivity index (χ4n) is 2.38. The van der Waals surface area contributed by atoms with E-state index in [0.717, 1.165) is 17.7 Å². The Balaban J connectivity index is 2.49. The third kappa shape index (κ3) is 3.37. The molecule has 3 N–H and O–H groups in total. The van der Waals surface area contributed by atoms with Gasteiger partial charge in [0.05, 0.1) is 0 Å². The van der Waals surface area contributed by atoms with E-state index in [4.69, 9.17) is 5.73 Å². The minimum Gasteiger partial charge on any atom is -0.383 e. The number of unbranched alkanes of at least 4 members (excludes halogenated alkanes) is 1. The van der Waals surface area contributed by atoms with Crippen molar-refractivity contribution in [1.29, 1.82) is 0 Å². The number of H-pyrrole nitrogens is 1. The van der Waals surface area contributed by atoms with Crippen LogP contribution in [0.2, 0.25) is 0 Å². The monoisotopic (exact) mass is 331 g/mol. The second-order valence-corrected chi connectivity index (χ2v) is 5.53. The quantitative estimate of drug-likeness (QED) is 0.845. The van der Waals surface area contributed by atoms with Crippen molar-refractivity contribution < 1.29 is 4.79 Å². The average molecular weight is 331 g/mol. The van der Waals surface area contributed by atoms with Crippen molar-refractivity contribution >= 4 is 17.4 Å². The van der Waals surface area contributed by atoms with Crippen molar-refractivity contribution in [2.75, 3.05) is 17.7 Å². The Kier molecular flexibility index (Phi) is 5.18. The largest absolute Gasteiger partial charge is 0.383 e. The van der Waals surface area contributed by atoms with E-state index in [-0.39, 0.29) is 17.2 Å². The Hall–Kier alpha value is -2.90. The summed E-state index contributed by atoms with van der Waals surface area (Å²) in [4.78, 5) is 44.2. The molecule has 1 amide bonds. The molecular weight excluding hydrogens is 310 g/mol. The number of carbonyl (C=O) groups excluding carboxylic acids is 1. The van der Waals surface area contributed by atoms with Crippen molar-refractivity contribution in [3.05, 3.63) is 50.4 Å². The van der Waals surface area contributed by atoms with E-state index >= 15 is 0 Å². The molecule has 2 heterocycles. The lowest BCUT2D eigenvalue weighted by Gasteiger charge is -2.20. The van der Waals surface area contributed by atoms with Crippen LogP contribution < -0.4 is 21.9 Å². The maximum Gasteiger partial charge on any atom is 0.330 e. The van der Waals surface area contributed by atoms with Crippen LogP contribution in [0.15, 0.2) is 27.8 Å². The predicted octanol–water partition coefficient (Wildman–Crippen LogP) is 0.899. The van der Waals surface area contributed by atoms with Gasteiger partial charge < -0.3 is 10.6 Å². The molecule has 2 rings (SSSR count). The van der Waals surface area contributed by atoms with Crippen molar-refractivity contribution in [1.82, 2.24) is 14.5 Å². The van der Waals surface area contributed by atoms with Gasteiger partial charge in [0.2, 0.25) is 0 Å². The highest BCUT2D eigenvalue weighted by Crippen LogP contribution is 2.17. The molecule has 128 valence electrons. The van der Waals surface area contributed by atoms with Crippen LogP contribution in [-0.4, -0.2) is 27.5 Å². The van der Waals surface area contributed by atoms with Gasteiger partial charge in [0.15, 0.2) is 5.69 Å². The predicted molar refractivity (Wildman–Crippen MR) is 92.4 cm³/mol. The molecule has 0 unspecified atom stereocenters. The SMILES string of the molecule is CCCCn1c(N)c(N(C)C(=O)c2cccc(C)n2)c(=O)[nH]c1=O. The molecule has 0 fully saturated rings. The summed E-state index contributed by atoms with van der Waals surface area (Å²) in [5.41, 5.74) is 5.55. The van der Waals surface area contributed by atoms with E-state index in [2.05, 4.69) is 9.97 Å². The summed E-state index contributed by atoms with van der Waals surface area (Å²) in [5, 5.41) is 0. The first-order valence-corrected chi connectivity index (χ1v) is 7.71. The summed E-state index contributed by atoms with van der Waals surface area (Å²) in [5.74, 6) is -0.503. The number of aromatic nitrogens is 3. The Morgan fingerprint density at radius 1 is 1.38 bits per heavy atom. The van der Waals surface area contributed by atoms with Crippen LogP contribution in [0, 0.1) is 6.92 Å². The number of pyridine rings is 1. The average Bonchev–Trinajstić information content (AvgIpc) is 2.53. The Bertz CT molecular complexity index is 869. The molecule has 0 saturated heterocycles. The van der Waals surface area contributed by atoms with Gasteiger partial charge in [-0.2, -0.15) is 0 Å². The van der Waals surface area contributed by atoms with Crippen LogP contribution >= 0.6 is 0 Å². The second kappa shape index (κ2) is 7.12. The van der Waals surface area contributed by atoms with Gasteiger partial charge in [-0.1, -0.05) is 19.4 Å². The smallest absolute Gasteiger partial charge is 0.330 e. The molecule has 24 heavy (non-hydrogen) atoms. The summed E-state index contributed by atoms with van der Waals surface area (Å²) in [6, 6.07) is 5.03. The number of hydrogen-bond donors (Lipinski definition) is 2. The van der Waals surface area contributed by atoms with Crippen molar-refractivity contribution in [3.63, 3.8) is 0 Å². The highest BCUT2D eigenvalue weighted by atomic mass is 16.2. The number of aryl methyl sites for hydroxylation is 1. The van der Waals surface area contributed by atoms with Gasteiger partial charge in [-0.15, -0.1) is 0 Å². The summed E-state index contributed by atoms with van der Waals surface area (Å²) in [6.07, 6.45) is 1.59. The maximum atomic E-state index is 12.6. The summed E-state index contributed by atoms with van der Waals surface area (Å²) in [6.45, 7) is 4.12. The van der Waals surface area contributed by atoms with Gasteiger partial charge in [0.25, 0.3) is 11.5 Å². The molecule has 0 radical (unpaired) electrons. The number of carbonyl (C=O) groups is 1. The summed E-state index contributed by atoms with van der Waals surface area (Å²) >= 11 is 0. The van der Waals surface area contributed by atoms with Crippen molar-refractivity contribution in [3.8, 4) is 0 Å². The maximum absolute atomic E-state index is 12.6. The molecule has 0 aliphatic heterocycles. The van der Waals surface area contributed by atoms with Crippen LogP contribution in [0.1, 0.15) is 35.9 Å². The topological polar surface area (TPSA) is 114 Å². The standard InChI is InChI=1S/C16H21N5O3/c1-4-5-9-21-13(17)12(14(22)19-16(21)24)20(3)15(23)11-8-6-7-10(2)18-11/h6-8H,4-5,9,17H2,1-3H3,(H,19,22,24). The number of nitrogens with zero attached hydrogens (tertiary/aromatic N) is 3. The molecule has 0 bridgehead atoms. The number of amides is 1. The van der Waals surface area contributed by atoms with E-state index in [1.54, 1.807) is 25.1 Å². The molecule has 0 saturated carbocycles. The minimum absolute atomic E-state index is 0.0271. The molecular formula is C16H21N5O3. The molecule has 0 aliphatic carbocycles. The van der Waals surface area contributed by atoms with Gasteiger partial charge in [0, 0.05) is 19.3 Å². The Labute approximate surface area is 138 Å². The normalized spacial score (nSPS) is 10.6. The zero-order chi connectivity index (χ0) is 17.9. The van der Waals surface area contributed by atoms with Crippen molar-refractivity contribution in [2.24, 2.45) is 0 Å². The first-order chi connectivity index (χ1) is 11.4. The van der Waals surface area contributed by atoms with Gasteiger partial charge >= 0.3 is 5.69 Å². The number of hydrogen-bond acceptors (Lipinski definition) is 5. The zero-order valence-electron chi connectivity index (χ0n) is 14.0. The molecule has 0 aromatic carbocycles. The Morgan fingerprint density at radius 2 is 2.08 bits per heavy atom. The zero-order valence-corrected chi connectivity index (χ0v) is 14.0. The van der Waals surface area contributed by atoms with Gasteiger partial charge in [-0.05, 0) is 25.5 Å². The molecule has 2 aromatic heterocycles. The molecule has 0 atom stereocenters. The lowest BCUT2D eigenvalue weighted by molar-refractivity contribution is 0.0987. The van der Waals surface area contributed by atoms with Crippen LogP contribution in [0.4, 0.5) is 11.5 Å². The minimum atomic E-state index is -0.700. The number of nitrogens with one attached hydrogen (secondary N) is 1. The third-order valence-corrected chi connectivity index (χ3v) is 3.70. The van der Waals surface area contributed by atoms with Gasteiger partial charge in [-0.25, -0.2) is 9.78 Å². The highest BCUT2D eigenvalue weighted by Gasteiger charge is 2.22. The van der Waals surface area contributed by atoms with Crippen LogP contribution in [0.5, 0.6) is 0 Å². The lowest BCUT2D eigenvalue weighted by Crippen LogP contribution is -2.39. The van der Waals surface area contributed by atoms with E-state index in [1.165, 1.54) is 11.6 Å². The van der Waals surface area contributed by atoms with Gasteiger partial charge in [-0.3, -0.25) is 19.1 Å². The summed E-state index contributed by atoms with van der Waals surface area (Å²) < 4.78 is 1.27. The first-order valence-electron chi connectivity index (χ1n) is 7.71. The van der Waals surface area contributed by atoms with Crippen LogP contribution in [0.25, 0.3) is 0 Å². The highest BCUT2D eigenvalue weighted by molar-refractivity contribution is 6.05. The fraction of sp³-hybridized carbons (Fsp3) is 0.375. The first kappa shape index (κ1) is 17.5. The van der Waals surface area contributed by atoms with E-state index in [0.29, 0.717) is 12.2 Å². The van der Waals surface area contributed by atoms with Crippen LogP contribution in [-0.2, 0) is 6.54 Å². The number of anilines is 2. The molecule has 8 nitrogen and oxygen atoms in total. The van der Waals surface area contributed by atoms with Gasteiger partial charge in [0.1, 0.15) is 11.5 Å². The molecule has 2 aromatic rings. The van der Waals surface area contributed by atoms with E-state index in [9.17, 15) is 14.4 Å². The molecule has 8 heteroatoms. The summed E-state index contributed by atoms with van der Waals surface area (Å²) in [7, 11) is 1.43. The van der Waals surface area contributed by atoms with E-state index in [1.807, 2.05) is 6.92 Å². The number of nitrogens with two attached hydrogens (primary N) is 1. The third-order valence-electron chi connectivity index (χ3n) is 3.70.